The summed E-state index contributed by atoms with van der Waals surface area (Å²) in [6, 6.07) is 12.7. The Morgan fingerprint density at radius 3 is 2.40 bits per heavy atom. The summed E-state index contributed by atoms with van der Waals surface area (Å²) in [5.74, 6) is -0.259. The van der Waals surface area contributed by atoms with Crippen LogP contribution in [0.4, 0.5) is 5.69 Å². The summed E-state index contributed by atoms with van der Waals surface area (Å²) >= 11 is 13.8. The topological polar surface area (TPSA) is 127 Å². The van der Waals surface area contributed by atoms with Crippen molar-refractivity contribution in [3.8, 4) is 28.3 Å². The minimum atomic E-state index is -0.718. The highest BCUT2D eigenvalue weighted by atomic mass is 35.5. The van der Waals surface area contributed by atoms with Gasteiger partial charge in [-0.3, -0.25) is 14.2 Å². The summed E-state index contributed by atoms with van der Waals surface area (Å²) in [6.07, 6.45) is 5.63. The van der Waals surface area contributed by atoms with Gasteiger partial charge in [0.1, 0.15) is 5.56 Å². The summed E-state index contributed by atoms with van der Waals surface area (Å²) in [5.41, 5.74) is 3.04. The number of hydrogen-bond donors (Lipinski definition) is 3. The third-order valence-electron chi connectivity index (χ3n) is 8.70. The van der Waals surface area contributed by atoms with Crippen molar-refractivity contribution in [3.05, 3.63) is 96.2 Å². The molecule has 2 aromatic carbocycles. The monoisotopic (exact) mass is 649 g/mol. The lowest BCUT2D eigenvalue weighted by molar-refractivity contribution is 0.102. The molecule has 4 aromatic rings. The van der Waals surface area contributed by atoms with Gasteiger partial charge in [0, 0.05) is 55.0 Å². The lowest BCUT2D eigenvalue weighted by Gasteiger charge is -2.23. The van der Waals surface area contributed by atoms with Crippen LogP contribution in [0, 0.1) is 0 Å². The molecular formula is C33H33Cl2N5O5. The number of amides is 1. The molecule has 10 nitrogen and oxygen atoms in total. The molecule has 0 aliphatic heterocycles. The van der Waals surface area contributed by atoms with Crippen LogP contribution in [0.2, 0.25) is 10.0 Å². The Kier molecular flexibility index (Phi) is 8.58. The third kappa shape index (κ3) is 5.68. The highest BCUT2D eigenvalue weighted by Crippen LogP contribution is 2.44. The molecule has 2 aromatic heterocycles. The average molecular weight is 651 g/mol. The van der Waals surface area contributed by atoms with Gasteiger partial charge >= 0.3 is 5.69 Å². The van der Waals surface area contributed by atoms with E-state index in [9.17, 15) is 19.5 Å². The fraction of sp³-hybridized carbons (Fsp3) is 0.333. The van der Waals surface area contributed by atoms with Gasteiger partial charge in [0.2, 0.25) is 5.88 Å². The number of nitrogens with zero attached hydrogens (tertiary/aromatic N) is 3. The number of halogens is 2. The lowest BCUT2D eigenvalue weighted by atomic mass is 9.99. The molecule has 0 unspecified atom stereocenters. The summed E-state index contributed by atoms with van der Waals surface area (Å²) < 4.78 is 7.78. The molecule has 1 amide bonds. The van der Waals surface area contributed by atoms with Gasteiger partial charge in [-0.05, 0) is 30.5 Å². The first-order valence-electron chi connectivity index (χ1n) is 14.8. The fourth-order valence-corrected chi connectivity index (χ4v) is 6.98. The van der Waals surface area contributed by atoms with Crippen molar-refractivity contribution in [2.75, 3.05) is 12.4 Å². The molecule has 3 N–H and O–H groups in total. The molecule has 1 fully saturated rings. The summed E-state index contributed by atoms with van der Waals surface area (Å²) in [4.78, 5) is 42.6. The largest absolute Gasteiger partial charge is 0.481 e. The van der Waals surface area contributed by atoms with Crippen LogP contribution in [-0.2, 0) is 20.5 Å². The number of ether oxygens (including phenoxy) is 1. The van der Waals surface area contributed by atoms with Crippen molar-refractivity contribution < 1.29 is 14.6 Å². The fourth-order valence-electron chi connectivity index (χ4n) is 6.38. The normalized spacial score (nSPS) is 17.8. The molecule has 0 saturated heterocycles. The maximum atomic E-state index is 13.1. The predicted octanol–water partition coefficient (Wildman–Crippen LogP) is 4.87. The molecule has 0 radical (unpaired) electrons. The molecule has 45 heavy (non-hydrogen) atoms. The molecule has 0 spiro atoms. The van der Waals surface area contributed by atoms with Gasteiger partial charge in [0.15, 0.2) is 0 Å². The zero-order valence-corrected chi connectivity index (χ0v) is 26.6. The Balaban J connectivity index is 1.34. The number of hydrogen-bond acceptors (Lipinski definition) is 7. The molecule has 6 rings (SSSR count). The van der Waals surface area contributed by atoms with Crippen LogP contribution in [0.5, 0.6) is 5.88 Å². The number of anilines is 1. The van der Waals surface area contributed by atoms with E-state index in [2.05, 4.69) is 10.6 Å². The first-order valence-corrected chi connectivity index (χ1v) is 15.5. The minimum Gasteiger partial charge on any atom is -0.481 e. The first-order chi connectivity index (χ1) is 21.6. The number of carbonyl (C=O) groups is 1. The van der Waals surface area contributed by atoms with Gasteiger partial charge in [-0.15, -0.1) is 0 Å². The SMILES string of the molecule is COc1nc(-c2cccc(-c3cccc(NC(=O)c4cn(C)c(=O)n(C)c4=O)c3Cl)c2Cl)cc2c1[C@@H](NC1CCCC1)[C@@H](O)C2. The number of benzene rings is 2. The quantitative estimate of drug-likeness (QED) is 0.261. The van der Waals surface area contributed by atoms with Crippen molar-refractivity contribution in [2.45, 2.75) is 50.3 Å². The van der Waals surface area contributed by atoms with Crippen LogP contribution in [0.25, 0.3) is 22.4 Å². The molecule has 2 aliphatic rings. The maximum Gasteiger partial charge on any atom is 0.330 e. The van der Waals surface area contributed by atoms with Crippen molar-refractivity contribution in [3.63, 3.8) is 0 Å². The van der Waals surface area contributed by atoms with Crippen LogP contribution in [0.15, 0.2) is 58.3 Å². The summed E-state index contributed by atoms with van der Waals surface area (Å²) in [7, 11) is 4.34. The second-order valence-electron chi connectivity index (χ2n) is 11.6. The van der Waals surface area contributed by atoms with Crippen LogP contribution >= 0.6 is 23.2 Å². The zero-order chi connectivity index (χ0) is 32.0. The van der Waals surface area contributed by atoms with E-state index in [-0.39, 0.29) is 22.3 Å². The second kappa shape index (κ2) is 12.4. The molecule has 0 bridgehead atoms. The molecule has 234 valence electrons. The molecule has 12 heteroatoms. The average Bonchev–Trinajstić information content (AvgIpc) is 3.66. The number of pyridine rings is 1. The standard InChI is InChI=1S/C33H33Cl2N5O5/c1-39-16-22(32(43)40(2)33(39)44)30(42)37-23-13-7-11-20(28(23)35)19-10-6-12-21(27(19)34)24-14-17-15-25(41)29(26(17)31(38-24)45-3)36-18-8-4-5-9-18/h6-7,10-14,16,18,25,29,36,41H,4-5,8-9,15H2,1-3H3,(H,37,42)/t25-,29-/m0/s1. The van der Waals surface area contributed by atoms with Gasteiger partial charge in [-0.2, -0.15) is 0 Å². The molecule has 2 atom stereocenters. The van der Waals surface area contributed by atoms with E-state index in [0.29, 0.717) is 45.7 Å². The number of rotatable bonds is 7. The van der Waals surface area contributed by atoms with E-state index in [0.717, 1.165) is 33.1 Å². The van der Waals surface area contributed by atoms with Crippen molar-refractivity contribution in [2.24, 2.45) is 14.1 Å². The van der Waals surface area contributed by atoms with Crippen molar-refractivity contribution in [1.82, 2.24) is 19.4 Å². The van der Waals surface area contributed by atoms with Crippen molar-refractivity contribution >= 4 is 34.8 Å². The van der Waals surface area contributed by atoms with Crippen LogP contribution in [0.3, 0.4) is 0 Å². The van der Waals surface area contributed by atoms with Gasteiger partial charge in [-0.1, -0.05) is 66.4 Å². The van der Waals surface area contributed by atoms with Crippen molar-refractivity contribution in [1.29, 1.82) is 0 Å². The van der Waals surface area contributed by atoms with E-state index in [1.165, 1.54) is 33.1 Å². The summed E-state index contributed by atoms with van der Waals surface area (Å²) in [5, 5.41) is 17.9. The van der Waals surface area contributed by atoms with Crippen LogP contribution < -0.4 is 26.6 Å². The van der Waals surface area contributed by atoms with E-state index >= 15 is 0 Å². The van der Waals surface area contributed by atoms with Crippen LogP contribution in [-0.4, -0.2) is 44.4 Å². The molecule has 1 saturated carbocycles. The molecular weight excluding hydrogens is 617 g/mol. The Morgan fingerprint density at radius 2 is 1.69 bits per heavy atom. The lowest BCUT2D eigenvalue weighted by Crippen LogP contribution is -2.40. The van der Waals surface area contributed by atoms with Crippen LogP contribution in [0.1, 0.15) is 53.2 Å². The highest BCUT2D eigenvalue weighted by Gasteiger charge is 2.37. The number of aryl methyl sites for hydroxylation is 1. The van der Waals surface area contributed by atoms with Gasteiger partial charge in [0.05, 0.1) is 40.7 Å². The first kappa shape index (κ1) is 31.0. The summed E-state index contributed by atoms with van der Waals surface area (Å²) in [6.45, 7) is 0. The maximum absolute atomic E-state index is 13.1. The number of aromatic nitrogens is 3. The number of methoxy groups -OCH3 is 1. The third-order valence-corrected chi connectivity index (χ3v) is 9.52. The van der Waals surface area contributed by atoms with E-state index in [1.807, 2.05) is 24.3 Å². The van der Waals surface area contributed by atoms with E-state index < -0.39 is 23.3 Å². The number of carbonyl (C=O) groups excluding carboxylic acids is 1. The Hall–Kier alpha value is -3.96. The molecule has 2 heterocycles. The zero-order valence-electron chi connectivity index (χ0n) is 25.1. The van der Waals surface area contributed by atoms with E-state index in [1.54, 1.807) is 25.3 Å². The number of nitrogens with one attached hydrogen (secondary N) is 2. The minimum absolute atomic E-state index is 0.205. The number of fused-ring (bicyclic) bond motifs is 1. The molecule has 2 aliphatic carbocycles. The second-order valence-corrected chi connectivity index (χ2v) is 12.3. The van der Waals surface area contributed by atoms with Gasteiger partial charge in [-0.25, -0.2) is 9.78 Å². The van der Waals surface area contributed by atoms with Gasteiger partial charge in [0.25, 0.3) is 11.5 Å². The number of aliphatic hydroxyl groups is 1. The predicted molar refractivity (Wildman–Crippen MR) is 174 cm³/mol. The Labute approximate surface area is 269 Å². The highest BCUT2D eigenvalue weighted by molar-refractivity contribution is 6.39. The Bertz CT molecular complexity index is 1930. The van der Waals surface area contributed by atoms with Gasteiger partial charge < -0.3 is 25.0 Å². The number of aliphatic hydroxyl groups excluding tert-OH is 1. The Morgan fingerprint density at radius 1 is 1.02 bits per heavy atom. The van der Waals surface area contributed by atoms with E-state index in [4.69, 9.17) is 32.9 Å². The smallest absolute Gasteiger partial charge is 0.330 e.